The molecule has 3 aromatic carbocycles. The Balaban J connectivity index is 0.000000442. The van der Waals surface area contributed by atoms with Crippen LogP contribution in [0.25, 0.3) is 15.7 Å². The Morgan fingerprint density at radius 2 is 1.66 bits per heavy atom. The molecule has 1 fully saturated rings. The van der Waals surface area contributed by atoms with E-state index in [1.165, 1.54) is 59.7 Å². The molecule has 0 amide bonds. The monoisotopic (exact) mass is 550 g/mol. The molecule has 1 heterocycles. The number of aryl methyl sites for hydroxylation is 1. The molecule has 0 aliphatic heterocycles. The molecule has 6 nitrogen and oxygen atoms in total. The number of hydrogen-bond acceptors (Lipinski definition) is 4. The maximum atomic E-state index is 8.12. The highest BCUT2D eigenvalue weighted by Crippen LogP contribution is 2.40. The van der Waals surface area contributed by atoms with Crippen LogP contribution in [0.3, 0.4) is 0 Å². The van der Waals surface area contributed by atoms with Gasteiger partial charge in [-0.1, -0.05) is 91.6 Å². The van der Waals surface area contributed by atoms with Crippen LogP contribution < -0.4 is 11.1 Å². The van der Waals surface area contributed by atoms with Crippen LogP contribution in [0.2, 0.25) is 0 Å². The van der Waals surface area contributed by atoms with Crippen LogP contribution in [0, 0.1) is 13.5 Å². The van der Waals surface area contributed by atoms with Gasteiger partial charge in [-0.2, -0.15) is 9.59 Å². The van der Waals surface area contributed by atoms with Crippen LogP contribution in [0.1, 0.15) is 73.6 Å². The highest BCUT2D eigenvalue weighted by atomic mass is 16.2. The van der Waals surface area contributed by atoms with Crippen molar-refractivity contribution in [3.8, 4) is 0 Å². The van der Waals surface area contributed by atoms with Gasteiger partial charge in [-0.15, -0.1) is 0 Å². The first kappa shape index (κ1) is 31.5. The Hall–Kier alpha value is -4.01. The van der Waals surface area contributed by atoms with Gasteiger partial charge in [0.2, 0.25) is 0 Å². The molecule has 1 atom stereocenters. The second-order valence-electron chi connectivity index (χ2n) is 10.5. The summed E-state index contributed by atoms with van der Waals surface area (Å²) >= 11 is 0. The van der Waals surface area contributed by atoms with E-state index in [1.807, 2.05) is 42.5 Å². The van der Waals surface area contributed by atoms with Gasteiger partial charge < -0.3 is 15.6 Å². The molecule has 6 heteroatoms. The largest absolute Gasteiger partial charge is 0.373 e. The van der Waals surface area contributed by atoms with E-state index in [2.05, 4.69) is 64.2 Å². The number of rotatable bonds is 9. The third kappa shape index (κ3) is 9.55. The molecule has 4 aromatic rings. The van der Waals surface area contributed by atoms with Crippen molar-refractivity contribution in [1.29, 1.82) is 0 Å². The van der Waals surface area contributed by atoms with E-state index in [4.69, 9.17) is 21.9 Å². The quantitative estimate of drug-likeness (QED) is 0.166. The zero-order chi connectivity index (χ0) is 29.3. The number of hydrogen-bond donors (Lipinski definition) is 2. The third-order valence-corrected chi connectivity index (χ3v) is 7.60. The van der Waals surface area contributed by atoms with E-state index in [0.29, 0.717) is 12.0 Å². The van der Waals surface area contributed by atoms with Gasteiger partial charge in [0, 0.05) is 23.7 Å². The number of nitrogens with two attached hydrogens (primary N) is 1. The summed E-state index contributed by atoms with van der Waals surface area (Å²) in [5, 5.41) is 4.82. The van der Waals surface area contributed by atoms with Crippen molar-refractivity contribution in [2.45, 2.75) is 63.8 Å². The summed E-state index contributed by atoms with van der Waals surface area (Å²) in [5.74, 6) is 0.300. The van der Waals surface area contributed by atoms with Gasteiger partial charge >= 0.3 is 6.15 Å². The van der Waals surface area contributed by atoms with Crippen molar-refractivity contribution in [2.24, 2.45) is 5.73 Å². The molecule has 1 saturated carbocycles. The summed E-state index contributed by atoms with van der Waals surface area (Å²) in [6.07, 6.45) is 11.2. The van der Waals surface area contributed by atoms with Gasteiger partial charge in [-0.25, -0.2) is 4.85 Å². The summed E-state index contributed by atoms with van der Waals surface area (Å²) in [4.78, 5) is 20.0. The Bertz CT molecular complexity index is 1370. The summed E-state index contributed by atoms with van der Waals surface area (Å²) < 4.78 is 2.53. The van der Waals surface area contributed by atoms with E-state index in [0.717, 1.165) is 38.2 Å². The average molecular weight is 551 g/mol. The highest BCUT2D eigenvalue weighted by Gasteiger charge is 2.24. The molecule has 1 aromatic heterocycles. The molecule has 0 bridgehead atoms. The lowest BCUT2D eigenvalue weighted by Gasteiger charge is -2.24. The van der Waals surface area contributed by atoms with Crippen molar-refractivity contribution >= 4 is 22.7 Å². The first-order chi connectivity index (χ1) is 20.1. The Morgan fingerprint density at radius 1 is 0.976 bits per heavy atom. The maximum Gasteiger partial charge on any atom is 0.373 e. The zero-order valence-electron chi connectivity index (χ0n) is 24.1. The van der Waals surface area contributed by atoms with E-state index >= 15 is 0 Å². The number of carbonyl (C=O) groups excluding carboxylic acids is 2. The van der Waals surface area contributed by atoms with Gasteiger partial charge in [-0.3, -0.25) is 0 Å². The normalized spacial score (nSPS) is 13.6. The van der Waals surface area contributed by atoms with Crippen molar-refractivity contribution < 1.29 is 9.59 Å². The number of nitrogens with zero attached hydrogens (tertiary/aromatic N) is 2. The third-order valence-electron chi connectivity index (χ3n) is 7.60. The van der Waals surface area contributed by atoms with Gasteiger partial charge in [-0.05, 0) is 80.9 Å². The molecule has 214 valence electrons. The smallest absolute Gasteiger partial charge is 0.344 e. The van der Waals surface area contributed by atoms with E-state index in [-0.39, 0.29) is 6.15 Å². The number of benzene rings is 3. The van der Waals surface area contributed by atoms with E-state index < -0.39 is 0 Å². The SMILES string of the molecule is O=C=O.[C-]#[N+]c1ccc2c(c1)c(C(CCNCCCN)c1cccc(C)c1)cn2C1CCCCC1.c1ccccc1. The summed E-state index contributed by atoms with van der Waals surface area (Å²) in [7, 11) is 0. The van der Waals surface area contributed by atoms with Crippen LogP contribution in [-0.2, 0) is 9.59 Å². The van der Waals surface area contributed by atoms with Crippen LogP contribution in [0.5, 0.6) is 0 Å². The van der Waals surface area contributed by atoms with Crippen molar-refractivity contribution in [3.63, 3.8) is 0 Å². The molecule has 0 saturated heterocycles. The molecule has 0 spiro atoms. The second-order valence-corrected chi connectivity index (χ2v) is 10.5. The number of fused-ring (bicyclic) bond motifs is 1. The number of aromatic nitrogens is 1. The van der Waals surface area contributed by atoms with E-state index in [1.54, 1.807) is 0 Å². The molecule has 1 aliphatic carbocycles. The van der Waals surface area contributed by atoms with Crippen LogP contribution >= 0.6 is 0 Å². The molecule has 41 heavy (non-hydrogen) atoms. The maximum absolute atomic E-state index is 8.12. The van der Waals surface area contributed by atoms with Crippen LogP contribution in [0.4, 0.5) is 5.69 Å². The predicted molar refractivity (Wildman–Crippen MR) is 166 cm³/mol. The fourth-order valence-corrected chi connectivity index (χ4v) is 5.65. The standard InChI is InChI=1S/C28H36N4.C6H6.CO2/c1-21-8-6-9-22(18-21)25(14-17-31-16-7-15-29)27-20-32(24-10-4-3-5-11-24)28-13-12-23(30-2)19-26(27)28;1-2-4-6-5-3-1;2-1-3/h6,8-9,12-13,18-20,24-25,31H,3-5,7,10-11,14-17,29H2,1H3;1-6H;. The van der Waals surface area contributed by atoms with Gasteiger partial charge in [0.05, 0.1) is 6.57 Å². The fraction of sp³-hybridized carbons (Fsp3) is 0.371. The van der Waals surface area contributed by atoms with Gasteiger partial charge in [0.1, 0.15) is 0 Å². The minimum Gasteiger partial charge on any atom is -0.344 e. The first-order valence-electron chi connectivity index (χ1n) is 14.6. The highest BCUT2D eigenvalue weighted by molar-refractivity contribution is 5.88. The topological polar surface area (TPSA) is 81.5 Å². The lowest BCUT2D eigenvalue weighted by Crippen LogP contribution is -2.21. The van der Waals surface area contributed by atoms with Crippen molar-refractivity contribution in [1.82, 2.24) is 9.88 Å². The lowest BCUT2D eigenvalue weighted by molar-refractivity contribution is -0.191. The first-order valence-corrected chi connectivity index (χ1v) is 14.6. The minimum atomic E-state index is 0.250. The molecule has 1 aliphatic rings. The average Bonchev–Trinajstić information content (AvgIpc) is 3.39. The minimum absolute atomic E-state index is 0.250. The second kappa shape index (κ2) is 17.6. The summed E-state index contributed by atoms with van der Waals surface area (Å²) in [6, 6.07) is 27.8. The summed E-state index contributed by atoms with van der Waals surface area (Å²) in [5.41, 5.74) is 11.7. The molecule has 5 rings (SSSR count). The Labute approximate surface area is 244 Å². The predicted octanol–water partition coefficient (Wildman–Crippen LogP) is 7.57. The van der Waals surface area contributed by atoms with Crippen LogP contribution in [0.15, 0.2) is 85.1 Å². The fourth-order valence-electron chi connectivity index (χ4n) is 5.65. The zero-order valence-corrected chi connectivity index (χ0v) is 24.1. The van der Waals surface area contributed by atoms with E-state index in [9.17, 15) is 0 Å². The number of nitrogens with one attached hydrogen (secondary N) is 1. The lowest BCUT2D eigenvalue weighted by atomic mass is 9.87. The summed E-state index contributed by atoms with van der Waals surface area (Å²) in [6.45, 7) is 12.4. The molecule has 0 radical (unpaired) electrons. The van der Waals surface area contributed by atoms with Crippen molar-refractivity contribution in [3.05, 3.63) is 113 Å². The van der Waals surface area contributed by atoms with Gasteiger partial charge in [0.15, 0.2) is 5.69 Å². The van der Waals surface area contributed by atoms with Crippen LogP contribution in [-0.4, -0.2) is 30.4 Å². The molecule has 3 N–H and O–H groups in total. The molecular formula is C35H42N4O2. The molecule has 1 unspecified atom stereocenters. The Kier molecular flexibility index (Phi) is 13.6. The van der Waals surface area contributed by atoms with Crippen molar-refractivity contribution in [2.75, 3.05) is 19.6 Å². The Morgan fingerprint density at radius 3 is 2.27 bits per heavy atom. The molecular weight excluding hydrogens is 508 g/mol. The van der Waals surface area contributed by atoms with Gasteiger partial charge in [0.25, 0.3) is 0 Å².